The Labute approximate surface area is 120 Å². The number of aryl methyl sites for hydroxylation is 1. The van der Waals surface area contributed by atoms with Crippen molar-refractivity contribution in [1.82, 2.24) is 14.9 Å². The van der Waals surface area contributed by atoms with Gasteiger partial charge in [0.05, 0.1) is 17.9 Å². The third-order valence-electron chi connectivity index (χ3n) is 4.29. The SMILES string of the molecule is Cc1noc(C(C)C)c1Cn1ccc(C2CCCC2)n1. The average molecular weight is 273 g/mol. The standard InChI is InChI=1S/C16H23N3O/c1-11(2)16-14(12(3)18-20-16)10-19-9-8-15(17-19)13-6-4-5-7-13/h8-9,11,13H,4-7,10H2,1-3H3. The van der Waals surface area contributed by atoms with Crippen molar-refractivity contribution < 1.29 is 4.52 Å². The van der Waals surface area contributed by atoms with Gasteiger partial charge in [0.15, 0.2) is 0 Å². The molecule has 0 unspecified atom stereocenters. The van der Waals surface area contributed by atoms with E-state index in [1.807, 2.05) is 11.6 Å². The Kier molecular flexibility index (Phi) is 3.64. The molecule has 1 saturated carbocycles. The van der Waals surface area contributed by atoms with E-state index in [1.54, 1.807) is 0 Å². The molecule has 108 valence electrons. The molecule has 1 aliphatic carbocycles. The monoisotopic (exact) mass is 273 g/mol. The lowest BCUT2D eigenvalue weighted by molar-refractivity contribution is 0.365. The van der Waals surface area contributed by atoms with Crippen LogP contribution in [0.3, 0.4) is 0 Å². The summed E-state index contributed by atoms with van der Waals surface area (Å²) in [7, 11) is 0. The quantitative estimate of drug-likeness (QED) is 0.845. The molecule has 0 amide bonds. The fourth-order valence-electron chi connectivity index (χ4n) is 3.12. The van der Waals surface area contributed by atoms with Gasteiger partial charge in [0.2, 0.25) is 0 Å². The fourth-order valence-corrected chi connectivity index (χ4v) is 3.12. The molecule has 0 bridgehead atoms. The molecule has 0 spiro atoms. The van der Waals surface area contributed by atoms with Crippen LogP contribution in [-0.4, -0.2) is 14.9 Å². The van der Waals surface area contributed by atoms with E-state index in [9.17, 15) is 0 Å². The Morgan fingerprint density at radius 1 is 1.35 bits per heavy atom. The lowest BCUT2D eigenvalue weighted by atomic mass is 10.1. The third-order valence-corrected chi connectivity index (χ3v) is 4.29. The van der Waals surface area contributed by atoms with Gasteiger partial charge >= 0.3 is 0 Å². The van der Waals surface area contributed by atoms with Crippen molar-refractivity contribution in [2.45, 2.75) is 64.8 Å². The number of rotatable bonds is 4. The smallest absolute Gasteiger partial charge is 0.144 e. The van der Waals surface area contributed by atoms with E-state index in [0.29, 0.717) is 11.8 Å². The third kappa shape index (κ3) is 2.51. The highest BCUT2D eigenvalue weighted by Crippen LogP contribution is 2.33. The minimum absolute atomic E-state index is 0.357. The highest BCUT2D eigenvalue weighted by molar-refractivity contribution is 5.24. The highest BCUT2D eigenvalue weighted by Gasteiger charge is 2.20. The van der Waals surface area contributed by atoms with Crippen molar-refractivity contribution in [3.8, 4) is 0 Å². The first-order valence-corrected chi connectivity index (χ1v) is 7.63. The van der Waals surface area contributed by atoms with Crippen molar-refractivity contribution in [3.63, 3.8) is 0 Å². The van der Waals surface area contributed by atoms with Crippen molar-refractivity contribution in [2.75, 3.05) is 0 Å². The second-order valence-electron chi connectivity index (χ2n) is 6.19. The first kappa shape index (κ1) is 13.4. The van der Waals surface area contributed by atoms with Gasteiger partial charge in [-0.3, -0.25) is 4.68 Å². The van der Waals surface area contributed by atoms with Crippen LogP contribution in [0.15, 0.2) is 16.8 Å². The number of aromatic nitrogens is 3. The van der Waals surface area contributed by atoms with Crippen molar-refractivity contribution >= 4 is 0 Å². The minimum atomic E-state index is 0.357. The van der Waals surface area contributed by atoms with Gasteiger partial charge in [0.25, 0.3) is 0 Å². The van der Waals surface area contributed by atoms with Crippen molar-refractivity contribution in [3.05, 3.63) is 35.0 Å². The predicted octanol–water partition coefficient (Wildman–Crippen LogP) is 4.01. The molecule has 4 nitrogen and oxygen atoms in total. The molecule has 3 rings (SSSR count). The predicted molar refractivity (Wildman–Crippen MR) is 77.9 cm³/mol. The van der Waals surface area contributed by atoms with Gasteiger partial charge < -0.3 is 4.52 Å². The number of hydrogen-bond donors (Lipinski definition) is 0. The molecular formula is C16H23N3O. The molecule has 0 aliphatic heterocycles. The van der Waals surface area contributed by atoms with Crippen LogP contribution < -0.4 is 0 Å². The summed E-state index contributed by atoms with van der Waals surface area (Å²) < 4.78 is 7.47. The summed E-state index contributed by atoms with van der Waals surface area (Å²) in [6.07, 6.45) is 7.37. The first-order valence-electron chi connectivity index (χ1n) is 7.63. The van der Waals surface area contributed by atoms with Crippen molar-refractivity contribution in [1.29, 1.82) is 0 Å². The first-order chi connectivity index (χ1) is 9.65. The van der Waals surface area contributed by atoms with E-state index < -0.39 is 0 Å². The van der Waals surface area contributed by atoms with Gasteiger partial charge in [-0.25, -0.2) is 0 Å². The molecule has 0 atom stereocenters. The largest absolute Gasteiger partial charge is 0.361 e. The molecule has 20 heavy (non-hydrogen) atoms. The van der Waals surface area contributed by atoms with Crippen LogP contribution in [0, 0.1) is 6.92 Å². The maximum Gasteiger partial charge on any atom is 0.144 e. The van der Waals surface area contributed by atoms with Crippen LogP contribution in [0.2, 0.25) is 0 Å². The van der Waals surface area contributed by atoms with E-state index in [2.05, 4.69) is 31.3 Å². The van der Waals surface area contributed by atoms with E-state index in [0.717, 1.165) is 18.0 Å². The molecule has 2 aromatic heterocycles. The van der Waals surface area contributed by atoms with Crippen LogP contribution in [0.5, 0.6) is 0 Å². The Balaban J connectivity index is 1.79. The van der Waals surface area contributed by atoms with Gasteiger partial charge in [-0.1, -0.05) is 31.8 Å². The van der Waals surface area contributed by atoms with Gasteiger partial charge in [-0.05, 0) is 25.8 Å². The molecule has 0 aromatic carbocycles. The Hall–Kier alpha value is -1.58. The average Bonchev–Trinajstić information content (AvgIpc) is 3.12. The fraction of sp³-hybridized carbons (Fsp3) is 0.625. The zero-order valence-corrected chi connectivity index (χ0v) is 12.6. The Morgan fingerprint density at radius 3 is 2.80 bits per heavy atom. The topological polar surface area (TPSA) is 43.9 Å². The molecule has 0 N–H and O–H groups in total. The maximum atomic E-state index is 5.44. The van der Waals surface area contributed by atoms with Gasteiger partial charge in [-0.2, -0.15) is 5.10 Å². The summed E-state index contributed by atoms with van der Waals surface area (Å²) in [6.45, 7) is 7.04. The molecule has 0 radical (unpaired) electrons. The molecule has 2 heterocycles. The second kappa shape index (κ2) is 5.43. The summed E-state index contributed by atoms with van der Waals surface area (Å²) in [5.74, 6) is 2.01. The van der Waals surface area contributed by atoms with E-state index >= 15 is 0 Å². The highest BCUT2D eigenvalue weighted by atomic mass is 16.5. The summed E-state index contributed by atoms with van der Waals surface area (Å²) in [6, 6.07) is 2.17. The van der Waals surface area contributed by atoms with Crippen molar-refractivity contribution in [2.24, 2.45) is 0 Å². The summed E-state index contributed by atoms with van der Waals surface area (Å²) >= 11 is 0. The van der Waals surface area contributed by atoms with Crippen LogP contribution >= 0.6 is 0 Å². The molecular weight excluding hydrogens is 250 g/mol. The van der Waals surface area contributed by atoms with Crippen LogP contribution in [-0.2, 0) is 6.54 Å². The lowest BCUT2D eigenvalue weighted by Crippen LogP contribution is -2.05. The van der Waals surface area contributed by atoms with Crippen LogP contribution in [0.25, 0.3) is 0 Å². The zero-order valence-electron chi connectivity index (χ0n) is 12.6. The zero-order chi connectivity index (χ0) is 14.1. The molecule has 1 fully saturated rings. The normalized spacial score (nSPS) is 16.4. The number of hydrogen-bond acceptors (Lipinski definition) is 3. The maximum absolute atomic E-state index is 5.44. The Morgan fingerprint density at radius 2 is 2.10 bits per heavy atom. The molecule has 2 aromatic rings. The van der Waals surface area contributed by atoms with Gasteiger partial charge in [-0.15, -0.1) is 0 Å². The lowest BCUT2D eigenvalue weighted by Gasteiger charge is -2.06. The summed E-state index contributed by atoms with van der Waals surface area (Å²) in [5.41, 5.74) is 3.41. The van der Waals surface area contributed by atoms with E-state index in [4.69, 9.17) is 9.62 Å². The molecule has 1 aliphatic rings. The van der Waals surface area contributed by atoms with Crippen LogP contribution in [0.4, 0.5) is 0 Å². The van der Waals surface area contributed by atoms with E-state index in [-0.39, 0.29) is 0 Å². The van der Waals surface area contributed by atoms with E-state index in [1.165, 1.54) is 36.9 Å². The van der Waals surface area contributed by atoms with Gasteiger partial charge in [0.1, 0.15) is 5.76 Å². The van der Waals surface area contributed by atoms with Crippen LogP contribution in [0.1, 0.15) is 74.1 Å². The minimum Gasteiger partial charge on any atom is -0.361 e. The number of nitrogens with zero attached hydrogens (tertiary/aromatic N) is 3. The molecule has 0 saturated heterocycles. The Bertz CT molecular complexity index is 576. The molecule has 4 heteroatoms. The summed E-state index contributed by atoms with van der Waals surface area (Å²) in [4.78, 5) is 0. The van der Waals surface area contributed by atoms with Gasteiger partial charge in [0, 0.05) is 23.6 Å². The second-order valence-corrected chi connectivity index (χ2v) is 6.19. The summed E-state index contributed by atoms with van der Waals surface area (Å²) in [5, 5.41) is 8.86.